The number of benzene rings is 1. The van der Waals surface area contributed by atoms with Crippen molar-refractivity contribution in [3.63, 3.8) is 0 Å². The summed E-state index contributed by atoms with van der Waals surface area (Å²) in [6.07, 6.45) is 7.15. The fraction of sp³-hybridized carbons (Fsp3) is 0.524. The largest absolute Gasteiger partial charge is 0.351 e. The summed E-state index contributed by atoms with van der Waals surface area (Å²) < 4.78 is 0. The van der Waals surface area contributed by atoms with Crippen molar-refractivity contribution in [2.75, 3.05) is 39.3 Å². The van der Waals surface area contributed by atoms with Gasteiger partial charge in [-0.2, -0.15) is 5.10 Å². The number of hydrogen-bond donors (Lipinski definition) is 2. The van der Waals surface area contributed by atoms with Gasteiger partial charge in [0, 0.05) is 50.7 Å². The van der Waals surface area contributed by atoms with Crippen molar-refractivity contribution in [1.82, 2.24) is 24.9 Å². The standard InChI is InChI=1S/C21H29N6O2/c22-21(29)27-9-1-8-25(12-13-27)18-6-10-26(11-7-18)20(28)5-3-16-2-4-19-17(14-16)15-23-24-19/h2,4-5,14-15,18H,1,3,6-13H2,(H2,22,29)(H,23,24). The zero-order valence-electron chi connectivity index (χ0n) is 16.7. The van der Waals surface area contributed by atoms with Gasteiger partial charge in [-0.15, -0.1) is 0 Å². The molecule has 3 N–H and O–H groups in total. The molecule has 1 radical (unpaired) electrons. The second-order valence-corrected chi connectivity index (χ2v) is 7.97. The Labute approximate surface area is 171 Å². The van der Waals surface area contributed by atoms with Crippen molar-refractivity contribution in [1.29, 1.82) is 0 Å². The third kappa shape index (κ3) is 4.70. The van der Waals surface area contributed by atoms with Crippen LogP contribution in [0.4, 0.5) is 4.79 Å². The highest BCUT2D eigenvalue weighted by Crippen LogP contribution is 2.20. The van der Waals surface area contributed by atoms with E-state index in [1.165, 1.54) is 0 Å². The first-order valence-electron chi connectivity index (χ1n) is 10.4. The molecule has 2 aromatic rings. The minimum Gasteiger partial charge on any atom is -0.351 e. The average molecular weight is 398 g/mol. The number of piperidine rings is 1. The summed E-state index contributed by atoms with van der Waals surface area (Å²) in [6.45, 7) is 4.87. The van der Waals surface area contributed by atoms with Crippen molar-refractivity contribution in [2.45, 2.75) is 31.7 Å². The summed E-state index contributed by atoms with van der Waals surface area (Å²) in [6, 6.07) is 6.27. The Balaban J connectivity index is 1.23. The van der Waals surface area contributed by atoms with Crippen LogP contribution in [0.2, 0.25) is 0 Å². The molecule has 2 aliphatic rings. The molecule has 155 valence electrons. The summed E-state index contributed by atoms with van der Waals surface area (Å²) >= 11 is 0. The molecule has 0 unspecified atom stereocenters. The van der Waals surface area contributed by atoms with E-state index in [4.69, 9.17) is 5.73 Å². The molecule has 1 aromatic carbocycles. The Morgan fingerprint density at radius 3 is 2.72 bits per heavy atom. The Hall–Kier alpha value is -2.61. The number of nitrogens with one attached hydrogen (secondary N) is 1. The molecule has 29 heavy (non-hydrogen) atoms. The first-order chi connectivity index (χ1) is 14.1. The lowest BCUT2D eigenvalue weighted by Crippen LogP contribution is -2.48. The molecule has 4 rings (SSSR count). The lowest BCUT2D eigenvalue weighted by atomic mass is 10.0. The highest BCUT2D eigenvalue weighted by Gasteiger charge is 2.28. The van der Waals surface area contributed by atoms with Gasteiger partial charge in [0.05, 0.1) is 18.1 Å². The van der Waals surface area contributed by atoms with E-state index < -0.39 is 0 Å². The highest BCUT2D eigenvalue weighted by molar-refractivity contribution is 5.85. The number of nitrogens with zero attached hydrogens (tertiary/aromatic N) is 4. The summed E-state index contributed by atoms with van der Waals surface area (Å²) in [7, 11) is 0. The minimum absolute atomic E-state index is 0.117. The minimum atomic E-state index is -0.324. The SMILES string of the molecule is NC(=O)N1CCCN(C2CCN(C(=O)[CH]Cc3ccc4[nH]ncc4c3)CC2)CC1. The van der Waals surface area contributed by atoms with E-state index in [0.717, 1.165) is 68.5 Å². The Morgan fingerprint density at radius 1 is 1.10 bits per heavy atom. The van der Waals surface area contributed by atoms with Gasteiger partial charge in [-0.05, 0) is 43.4 Å². The van der Waals surface area contributed by atoms with Crippen LogP contribution in [-0.2, 0) is 11.2 Å². The highest BCUT2D eigenvalue weighted by atomic mass is 16.2. The fourth-order valence-corrected chi connectivity index (χ4v) is 4.43. The van der Waals surface area contributed by atoms with Gasteiger partial charge in [0.15, 0.2) is 0 Å². The molecule has 8 heteroatoms. The predicted molar refractivity (Wildman–Crippen MR) is 111 cm³/mol. The number of fused-ring (bicyclic) bond motifs is 1. The zero-order valence-corrected chi connectivity index (χ0v) is 16.7. The monoisotopic (exact) mass is 397 g/mol. The van der Waals surface area contributed by atoms with E-state index in [1.807, 2.05) is 17.0 Å². The van der Waals surface area contributed by atoms with Gasteiger partial charge in [-0.25, -0.2) is 4.79 Å². The first kappa shape index (κ1) is 19.7. The third-order valence-corrected chi connectivity index (χ3v) is 6.15. The Bertz CT molecular complexity index is 858. The van der Waals surface area contributed by atoms with Crippen LogP contribution < -0.4 is 5.73 Å². The van der Waals surface area contributed by atoms with Crippen molar-refractivity contribution >= 4 is 22.8 Å². The Morgan fingerprint density at radius 2 is 1.93 bits per heavy atom. The van der Waals surface area contributed by atoms with Crippen LogP contribution in [0.5, 0.6) is 0 Å². The summed E-state index contributed by atoms with van der Waals surface area (Å²) in [5.41, 5.74) is 7.55. The van der Waals surface area contributed by atoms with Crippen LogP contribution in [0.3, 0.4) is 0 Å². The number of carbonyl (C=O) groups is 2. The quantitative estimate of drug-likeness (QED) is 0.814. The molecule has 0 spiro atoms. The van der Waals surface area contributed by atoms with Crippen LogP contribution in [0.1, 0.15) is 24.8 Å². The van der Waals surface area contributed by atoms with Crippen LogP contribution >= 0.6 is 0 Å². The molecule has 8 nitrogen and oxygen atoms in total. The number of amides is 3. The lowest BCUT2D eigenvalue weighted by Gasteiger charge is -2.38. The summed E-state index contributed by atoms with van der Waals surface area (Å²) in [4.78, 5) is 30.2. The van der Waals surface area contributed by atoms with Gasteiger partial charge in [0.2, 0.25) is 5.91 Å². The van der Waals surface area contributed by atoms with Gasteiger partial charge in [-0.3, -0.25) is 14.8 Å². The molecule has 2 fully saturated rings. The number of rotatable bonds is 4. The van der Waals surface area contributed by atoms with Crippen LogP contribution in [0, 0.1) is 6.42 Å². The van der Waals surface area contributed by atoms with E-state index in [2.05, 4.69) is 21.2 Å². The van der Waals surface area contributed by atoms with Crippen molar-refractivity contribution in [3.8, 4) is 0 Å². The molecule has 0 bridgehead atoms. The third-order valence-electron chi connectivity index (χ3n) is 6.15. The normalized spacial score (nSPS) is 19.4. The topological polar surface area (TPSA) is 98.6 Å². The van der Waals surface area contributed by atoms with E-state index in [1.54, 1.807) is 17.5 Å². The Kier molecular flexibility index (Phi) is 5.99. The number of urea groups is 1. The van der Waals surface area contributed by atoms with Crippen LogP contribution in [0.25, 0.3) is 10.9 Å². The molecule has 1 aromatic heterocycles. The number of aromatic amines is 1. The number of primary amides is 1. The van der Waals surface area contributed by atoms with Gasteiger partial charge in [0.1, 0.15) is 0 Å². The van der Waals surface area contributed by atoms with Crippen LogP contribution in [-0.4, -0.2) is 82.1 Å². The van der Waals surface area contributed by atoms with Crippen molar-refractivity contribution < 1.29 is 9.59 Å². The molecule has 0 atom stereocenters. The predicted octanol–water partition coefficient (Wildman–Crippen LogP) is 1.39. The van der Waals surface area contributed by atoms with E-state index in [9.17, 15) is 9.59 Å². The molecule has 3 amide bonds. The van der Waals surface area contributed by atoms with Gasteiger partial charge >= 0.3 is 6.03 Å². The number of aromatic nitrogens is 2. The second-order valence-electron chi connectivity index (χ2n) is 7.97. The van der Waals surface area contributed by atoms with Gasteiger partial charge in [-0.1, -0.05) is 6.07 Å². The number of hydrogen-bond acceptors (Lipinski definition) is 4. The molecule has 0 aliphatic carbocycles. The van der Waals surface area contributed by atoms with Crippen molar-refractivity contribution in [3.05, 3.63) is 36.4 Å². The maximum Gasteiger partial charge on any atom is 0.314 e. The van der Waals surface area contributed by atoms with Crippen LogP contribution in [0.15, 0.2) is 24.4 Å². The number of nitrogens with two attached hydrogens (primary N) is 1. The lowest BCUT2D eigenvalue weighted by molar-refractivity contribution is -0.129. The smallest absolute Gasteiger partial charge is 0.314 e. The maximum absolute atomic E-state index is 12.6. The average Bonchev–Trinajstić information content (AvgIpc) is 3.06. The van der Waals surface area contributed by atoms with E-state index in [-0.39, 0.29) is 11.9 Å². The molecule has 2 aliphatic heterocycles. The van der Waals surface area contributed by atoms with Crippen molar-refractivity contribution in [2.24, 2.45) is 5.73 Å². The molecular formula is C21H29N6O2. The zero-order chi connectivity index (χ0) is 20.2. The summed E-state index contributed by atoms with van der Waals surface area (Å²) in [5.74, 6) is 0.117. The molecule has 3 heterocycles. The summed E-state index contributed by atoms with van der Waals surface area (Å²) in [5, 5.41) is 8.04. The maximum atomic E-state index is 12.6. The second kappa shape index (κ2) is 8.82. The van der Waals surface area contributed by atoms with Gasteiger partial charge in [0.25, 0.3) is 0 Å². The first-order valence-corrected chi connectivity index (χ1v) is 10.4. The fourth-order valence-electron chi connectivity index (χ4n) is 4.43. The number of carbonyl (C=O) groups excluding carboxylic acids is 2. The van der Waals surface area contributed by atoms with E-state index in [0.29, 0.717) is 19.0 Å². The van der Waals surface area contributed by atoms with E-state index >= 15 is 0 Å². The molecule has 0 saturated carbocycles. The van der Waals surface area contributed by atoms with Gasteiger partial charge < -0.3 is 15.5 Å². The molecule has 2 saturated heterocycles. The molecular weight excluding hydrogens is 368 g/mol. The number of H-pyrrole nitrogens is 1. The number of likely N-dealkylation sites (tertiary alicyclic amines) is 1.